The van der Waals surface area contributed by atoms with Gasteiger partial charge in [0, 0.05) is 12.1 Å². The van der Waals surface area contributed by atoms with E-state index in [0.29, 0.717) is 28.6 Å². The zero-order chi connectivity index (χ0) is 14.7. The van der Waals surface area contributed by atoms with E-state index >= 15 is 0 Å². The molecule has 0 amide bonds. The van der Waals surface area contributed by atoms with E-state index in [4.69, 9.17) is 23.7 Å². The van der Waals surface area contributed by atoms with E-state index in [2.05, 4.69) is 0 Å². The molecule has 6 heteroatoms. The number of hydrogen-bond acceptors (Lipinski definition) is 5. The minimum absolute atomic E-state index is 0.153. The summed E-state index contributed by atoms with van der Waals surface area (Å²) in [6, 6.07) is 6.26. The Labute approximate surface area is 115 Å². The second kappa shape index (κ2) is 5.56. The topological polar surface area (TPSA) is 78.1 Å². The van der Waals surface area contributed by atoms with Gasteiger partial charge >= 0.3 is 5.97 Å². The van der Waals surface area contributed by atoms with Crippen LogP contribution in [0.25, 0.3) is 11.3 Å². The number of rotatable bonds is 5. The molecule has 0 saturated carbocycles. The quantitative estimate of drug-likeness (QED) is 0.905. The predicted molar refractivity (Wildman–Crippen MR) is 70.8 cm³/mol. The Hall–Kier alpha value is -2.63. The third kappa shape index (κ3) is 2.40. The first-order valence-corrected chi connectivity index (χ1v) is 5.74. The molecule has 0 aliphatic heterocycles. The van der Waals surface area contributed by atoms with Crippen LogP contribution < -0.4 is 14.2 Å². The van der Waals surface area contributed by atoms with E-state index in [-0.39, 0.29) is 5.76 Å². The minimum atomic E-state index is -1.14. The smallest absolute Gasteiger partial charge is 0.371 e. The van der Waals surface area contributed by atoms with Crippen LogP contribution in [0.1, 0.15) is 10.6 Å². The summed E-state index contributed by atoms with van der Waals surface area (Å²) >= 11 is 0. The van der Waals surface area contributed by atoms with Crippen LogP contribution in [0.5, 0.6) is 17.2 Å². The molecule has 1 N–H and O–H groups in total. The van der Waals surface area contributed by atoms with Gasteiger partial charge in [0.15, 0.2) is 0 Å². The maximum absolute atomic E-state index is 10.9. The number of carboxylic acid groups (broad SMARTS) is 1. The first-order valence-electron chi connectivity index (χ1n) is 5.74. The van der Waals surface area contributed by atoms with Crippen molar-refractivity contribution >= 4 is 5.97 Å². The van der Waals surface area contributed by atoms with Crippen molar-refractivity contribution in [1.82, 2.24) is 0 Å². The lowest BCUT2D eigenvalue weighted by Gasteiger charge is -2.13. The lowest BCUT2D eigenvalue weighted by molar-refractivity contribution is 0.0663. The Bertz CT molecular complexity index is 603. The van der Waals surface area contributed by atoms with Gasteiger partial charge in [0.25, 0.3) is 0 Å². The SMILES string of the molecule is COc1cc(OC)c(-c2ccc(C(=O)O)o2)c(OC)c1. The van der Waals surface area contributed by atoms with Crippen LogP contribution >= 0.6 is 0 Å². The van der Waals surface area contributed by atoms with Crippen LogP contribution in [-0.4, -0.2) is 32.4 Å². The summed E-state index contributed by atoms with van der Waals surface area (Å²) in [7, 11) is 4.53. The molecule has 0 atom stereocenters. The molecule has 0 unspecified atom stereocenters. The number of furan rings is 1. The predicted octanol–water partition coefficient (Wildman–Crippen LogP) is 2.67. The Kier molecular flexibility index (Phi) is 3.84. The number of hydrogen-bond donors (Lipinski definition) is 1. The highest BCUT2D eigenvalue weighted by atomic mass is 16.5. The first kappa shape index (κ1) is 13.8. The summed E-state index contributed by atoms with van der Waals surface area (Å²) in [6.45, 7) is 0. The van der Waals surface area contributed by atoms with E-state index in [1.54, 1.807) is 18.2 Å². The van der Waals surface area contributed by atoms with Crippen LogP contribution in [0.4, 0.5) is 0 Å². The monoisotopic (exact) mass is 278 g/mol. The number of benzene rings is 1. The zero-order valence-electron chi connectivity index (χ0n) is 11.3. The van der Waals surface area contributed by atoms with Crippen LogP contribution in [0.3, 0.4) is 0 Å². The van der Waals surface area contributed by atoms with Crippen molar-refractivity contribution in [3.8, 4) is 28.6 Å². The molecule has 0 saturated heterocycles. The molecule has 0 fully saturated rings. The number of carboxylic acids is 1. The largest absolute Gasteiger partial charge is 0.496 e. The molecule has 0 aliphatic rings. The second-order valence-electron chi connectivity index (χ2n) is 3.88. The molecule has 2 rings (SSSR count). The number of methoxy groups -OCH3 is 3. The maximum Gasteiger partial charge on any atom is 0.371 e. The number of aromatic carboxylic acids is 1. The van der Waals surface area contributed by atoms with Crippen LogP contribution in [0, 0.1) is 0 Å². The van der Waals surface area contributed by atoms with Crippen LogP contribution in [0.2, 0.25) is 0 Å². The molecule has 1 heterocycles. The fraction of sp³-hybridized carbons (Fsp3) is 0.214. The minimum Gasteiger partial charge on any atom is -0.496 e. The van der Waals surface area contributed by atoms with Crippen molar-refractivity contribution < 1.29 is 28.5 Å². The fourth-order valence-corrected chi connectivity index (χ4v) is 1.84. The molecule has 20 heavy (non-hydrogen) atoms. The normalized spacial score (nSPS) is 10.2. The Balaban J connectivity index is 2.61. The van der Waals surface area contributed by atoms with Crippen molar-refractivity contribution in [2.45, 2.75) is 0 Å². The van der Waals surface area contributed by atoms with Gasteiger partial charge in [0.05, 0.1) is 21.3 Å². The molecular weight excluding hydrogens is 264 g/mol. The summed E-state index contributed by atoms with van der Waals surface area (Å²) in [5, 5.41) is 8.90. The van der Waals surface area contributed by atoms with Gasteiger partial charge in [0.1, 0.15) is 28.6 Å². The third-order valence-corrected chi connectivity index (χ3v) is 2.78. The van der Waals surface area contributed by atoms with E-state index in [9.17, 15) is 4.79 Å². The average molecular weight is 278 g/mol. The van der Waals surface area contributed by atoms with Crippen molar-refractivity contribution in [2.75, 3.05) is 21.3 Å². The molecule has 0 aliphatic carbocycles. The van der Waals surface area contributed by atoms with Gasteiger partial charge < -0.3 is 23.7 Å². The molecule has 2 aromatic rings. The fourth-order valence-electron chi connectivity index (χ4n) is 1.84. The van der Waals surface area contributed by atoms with E-state index in [0.717, 1.165) is 0 Å². The molecular formula is C14H14O6. The molecule has 0 bridgehead atoms. The molecule has 1 aromatic carbocycles. The van der Waals surface area contributed by atoms with Gasteiger partial charge in [-0.1, -0.05) is 0 Å². The Morgan fingerprint density at radius 1 is 1.05 bits per heavy atom. The Morgan fingerprint density at radius 2 is 1.65 bits per heavy atom. The standard InChI is InChI=1S/C14H14O6/c1-17-8-6-11(18-2)13(12(7-8)19-3)9-4-5-10(20-9)14(15)16/h4-7H,1-3H3,(H,15,16). The summed E-state index contributed by atoms with van der Waals surface area (Å²) in [6.07, 6.45) is 0. The molecule has 1 aromatic heterocycles. The lowest BCUT2D eigenvalue weighted by atomic mass is 10.1. The van der Waals surface area contributed by atoms with Gasteiger partial charge in [0.2, 0.25) is 5.76 Å². The van der Waals surface area contributed by atoms with E-state index < -0.39 is 5.97 Å². The highest BCUT2D eigenvalue weighted by Gasteiger charge is 2.19. The summed E-state index contributed by atoms with van der Waals surface area (Å²) in [4.78, 5) is 10.9. The van der Waals surface area contributed by atoms with Crippen LogP contribution in [0.15, 0.2) is 28.7 Å². The van der Waals surface area contributed by atoms with Gasteiger partial charge in [-0.15, -0.1) is 0 Å². The van der Waals surface area contributed by atoms with Crippen molar-refractivity contribution in [2.24, 2.45) is 0 Å². The summed E-state index contributed by atoms with van der Waals surface area (Å²) in [5.41, 5.74) is 0.531. The molecule has 6 nitrogen and oxygen atoms in total. The molecule has 0 spiro atoms. The Morgan fingerprint density at radius 3 is 2.05 bits per heavy atom. The van der Waals surface area contributed by atoms with E-state index in [1.165, 1.54) is 27.4 Å². The highest BCUT2D eigenvalue weighted by Crippen LogP contribution is 2.42. The number of carbonyl (C=O) groups is 1. The highest BCUT2D eigenvalue weighted by molar-refractivity contribution is 5.86. The summed E-state index contributed by atoms with van der Waals surface area (Å²) < 4.78 is 21.0. The zero-order valence-corrected chi connectivity index (χ0v) is 11.3. The average Bonchev–Trinajstić information content (AvgIpc) is 2.95. The maximum atomic E-state index is 10.9. The van der Waals surface area contributed by atoms with Crippen molar-refractivity contribution in [1.29, 1.82) is 0 Å². The van der Waals surface area contributed by atoms with Gasteiger partial charge in [-0.2, -0.15) is 0 Å². The molecule has 0 radical (unpaired) electrons. The van der Waals surface area contributed by atoms with Crippen LogP contribution in [-0.2, 0) is 0 Å². The van der Waals surface area contributed by atoms with Gasteiger partial charge in [-0.05, 0) is 12.1 Å². The third-order valence-electron chi connectivity index (χ3n) is 2.78. The second-order valence-corrected chi connectivity index (χ2v) is 3.88. The lowest BCUT2D eigenvalue weighted by Crippen LogP contribution is -1.95. The summed E-state index contributed by atoms with van der Waals surface area (Å²) in [5.74, 6) is 0.550. The molecule has 106 valence electrons. The van der Waals surface area contributed by atoms with E-state index in [1.807, 2.05) is 0 Å². The number of ether oxygens (including phenoxy) is 3. The van der Waals surface area contributed by atoms with Gasteiger partial charge in [-0.3, -0.25) is 0 Å². The van der Waals surface area contributed by atoms with Crippen molar-refractivity contribution in [3.05, 3.63) is 30.0 Å². The first-order chi connectivity index (χ1) is 9.60. The van der Waals surface area contributed by atoms with Crippen molar-refractivity contribution in [3.63, 3.8) is 0 Å². The van der Waals surface area contributed by atoms with Gasteiger partial charge in [-0.25, -0.2) is 4.79 Å².